The summed E-state index contributed by atoms with van der Waals surface area (Å²) in [5, 5.41) is 8.76. The molecule has 5 nitrogen and oxygen atoms in total. The largest absolute Gasteiger partial charge is 0.366 e. The lowest BCUT2D eigenvalue weighted by Crippen LogP contribution is -2.26. The Kier molecular flexibility index (Phi) is 4.54. The third-order valence-corrected chi connectivity index (χ3v) is 3.27. The molecule has 0 spiro atoms. The van der Waals surface area contributed by atoms with Gasteiger partial charge < -0.3 is 10.6 Å². The Labute approximate surface area is 128 Å². The fraction of sp³-hybridized carbons (Fsp3) is 0.118. The predicted molar refractivity (Wildman–Crippen MR) is 81.9 cm³/mol. The first-order valence-corrected chi connectivity index (χ1v) is 6.65. The highest BCUT2D eigenvalue weighted by Crippen LogP contribution is 2.11. The second kappa shape index (κ2) is 6.55. The highest BCUT2D eigenvalue weighted by atomic mass is 16.2. The average Bonchev–Trinajstić information content (AvgIpc) is 2.55. The van der Waals surface area contributed by atoms with E-state index in [1.807, 2.05) is 12.1 Å². The van der Waals surface area contributed by atoms with E-state index in [2.05, 4.69) is 6.07 Å². The van der Waals surface area contributed by atoms with E-state index in [9.17, 15) is 9.59 Å². The molecular weight excluding hydrogens is 278 g/mol. The minimum atomic E-state index is -0.523. The molecule has 0 heterocycles. The Morgan fingerprint density at radius 1 is 1.05 bits per heavy atom. The number of primary amides is 1. The molecular formula is C17H15N3O2. The van der Waals surface area contributed by atoms with Crippen LogP contribution in [0.15, 0.2) is 48.5 Å². The van der Waals surface area contributed by atoms with Crippen molar-refractivity contribution in [2.75, 3.05) is 7.05 Å². The van der Waals surface area contributed by atoms with Gasteiger partial charge in [-0.15, -0.1) is 0 Å². The zero-order chi connectivity index (χ0) is 16.1. The minimum absolute atomic E-state index is 0.152. The summed E-state index contributed by atoms with van der Waals surface area (Å²) >= 11 is 0. The quantitative estimate of drug-likeness (QED) is 0.934. The molecule has 0 unspecified atom stereocenters. The summed E-state index contributed by atoms with van der Waals surface area (Å²) in [6.07, 6.45) is 0. The normalized spacial score (nSPS) is 9.82. The van der Waals surface area contributed by atoms with Gasteiger partial charge in [0.05, 0.1) is 11.6 Å². The van der Waals surface area contributed by atoms with E-state index in [4.69, 9.17) is 11.0 Å². The number of hydrogen-bond acceptors (Lipinski definition) is 3. The van der Waals surface area contributed by atoms with Crippen molar-refractivity contribution in [1.29, 1.82) is 5.26 Å². The van der Waals surface area contributed by atoms with Crippen LogP contribution in [0.25, 0.3) is 0 Å². The van der Waals surface area contributed by atoms with Gasteiger partial charge in [0.2, 0.25) is 5.91 Å². The number of amides is 2. The molecule has 5 heteroatoms. The lowest BCUT2D eigenvalue weighted by molar-refractivity contribution is 0.0784. The fourth-order valence-corrected chi connectivity index (χ4v) is 2.03. The maximum atomic E-state index is 12.3. The molecule has 0 saturated carbocycles. The monoisotopic (exact) mass is 293 g/mol. The molecule has 2 rings (SSSR count). The zero-order valence-electron chi connectivity index (χ0n) is 12.1. The molecule has 2 amide bonds. The van der Waals surface area contributed by atoms with Crippen LogP contribution in [0.2, 0.25) is 0 Å². The number of nitrogens with zero attached hydrogens (tertiary/aromatic N) is 2. The zero-order valence-corrected chi connectivity index (χ0v) is 12.1. The first kappa shape index (κ1) is 15.3. The summed E-state index contributed by atoms with van der Waals surface area (Å²) in [7, 11) is 1.70. The number of carbonyl (C=O) groups excluding carboxylic acids is 2. The van der Waals surface area contributed by atoms with Crippen molar-refractivity contribution in [2.45, 2.75) is 6.54 Å². The molecule has 0 atom stereocenters. The molecule has 110 valence electrons. The second-order valence-corrected chi connectivity index (χ2v) is 4.91. The lowest BCUT2D eigenvalue weighted by Gasteiger charge is -2.17. The van der Waals surface area contributed by atoms with Crippen LogP contribution in [-0.4, -0.2) is 23.8 Å². The molecule has 0 aliphatic heterocycles. The Hall–Kier alpha value is -3.13. The molecule has 0 radical (unpaired) electrons. The van der Waals surface area contributed by atoms with Gasteiger partial charge in [-0.25, -0.2) is 0 Å². The van der Waals surface area contributed by atoms with Gasteiger partial charge in [0.15, 0.2) is 0 Å². The van der Waals surface area contributed by atoms with Crippen LogP contribution in [0, 0.1) is 11.3 Å². The number of carbonyl (C=O) groups is 2. The number of nitrogens with two attached hydrogens (primary N) is 1. The van der Waals surface area contributed by atoms with E-state index in [0.717, 1.165) is 5.56 Å². The van der Waals surface area contributed by atoms with Gasteiger partial charge in [-0.1, -0.05) is 12.1 Å². The van der Waals surface area contributed by atoms with Crippen molar-refractivity contribution in [3.05, 3.63) is 70.8 Å². The summed E-state index contributed by atoms with van der Waals surface area (Å²) in [5.41, 5.74) is 7.54. The molecule has 0 aromatic heterocycles. The maximum Gasteiger partial charge on any atom is 0.253 e. The van der Waals surface area contributed by atoms with Crippen molar-refractivity contribution in [2.24, 2.45) is 5.73 Å². The first-order valence-electron chi connectivity index (χ1n) is 6.65. The topological polar surface area (TPSA) is 87.2 Å². The van der Waals surface area contributed by atoms with E-state index in [0.29, 0.717) is 23.2 Å². The van der Waals surface area contributed by atoms with Crippen LogP contribution in [-0.2, 0) is 6.54 Å². The molecule has 2 N–H and O–H groups in total. The van der Waals surface area contributed by atoms with E-state index in [1.54, 1.807) is 36.2 Å². The summed E-state index contributed by atoms with van der Waals surface area (Å²) in [4.78, 5) is 24.9. The van der Waals surface area contributed by atoms with E-state index < -0.39 is 5.91 Å². The lowest BCUT2D eigenvalue weighted by atomic mass is 10.1. The molecule has 0 saturated heterocycles. The SMILES string of the molecule is CN(Cc1ccc(C#N)cc1)C(=O)c1ccc(C(N)=O)cc1. The maximum absolute atomic E-state index is 12.3. The van der Waals surface area contributed by atoms with Crippen LogP contribution in [0.3, 0.4) is 0 Å². The highest BCUT2D eigenvalue weighted by molar-refractivity contribution is 5.97. The van der Waals surface area contributed by atoms with Crippen molar-refractivity contribution >= 4 is 11.8 Å². The van der Waals surface area contributed by atoms with Crippen LogP contribution < -0.4 is 5.73 Å². The number of hydrogen-bond donors (Lipinski definition) is 1. The molecule has 0 fully saturated rings. The van der Waals surface area contributed by atoms with Gasteiger partial charge in [-0.2, -0.15) is 5.26 Å². The predicted octanol–water partition coefficient (Wildman–Crippen LogP) is 1.93. The smallest absolute Gasteiger partial charge is 0.253 e. The van der Waals surface area contributed by atoms with Gasteiger partial charge in [-0.3, -0.25) is 9.59 Å². The van der Waals surface area contributed by atoms with Gasteiger partial charge in [0.25, 0.3) is 5.91 Å². The number of rotatable bonds is 4. The Morgan fingerprint density at radius 2 is 1.59 bits per heavy atom. The Morgan fingerprint density at radius 3 is 2.09 bits per heavy atom. The van der Waals surface area contributed by atoms with Crippen LogP contribution in [0.5, 0.6) is 0 Å². The van der Waals surface area contributed by atoms with Crippen molar-refractivity contribution in [3.63, 3.8) is 0 Å². The van der Waals surface area contributed by atoms with Crippen LogP contribution >= 0.6 is 0 Å². The highest BCUT2D eigenvalue weighted by Gasteiger charge is 2.12. The average molecular weight is 293 g/mol. The third kappa shape index (κ3) is 3.49. The molecule has 0 aliphatic carbocycles. The van der Waals surface area contributed by atoms with Crippen LogP contribution in [0.1, 0.15) is 31.8 Å². The van der Waals surface area contributed by atoms with Gasteiger partial charge in [0.1, 0.15) is 0 Å². The van der Waals surface area contributed by atoms with Gasteiger partial charge in [-0.05, 0) is 42.0 Å². The standard InChI is InChI=1S/C17H15N3O2/c1-20(11-13-4-2-12(10-18)3-5-13)17(22)15-8-6-14(7-9-15)16(19)21/h2-9H,11H2,1H3,(H2,19,21). The van der Waals surface area contributed by atoms with E-state index in [-0.39, 0.29) is 5.91 Å². The number of benzene rings is 2. The molecule has 2 aromatic rings. The number of nitriles is 1. The summed E-state index contributed by atoms with van der Waals surface area (Å²) in [6.45, 7) is 0.433. The molecule has 2 aromatic carbocycles. The Balaban J connectivity index is 2.07. The molecule has 22 heavy (non-hydrogen) atoms. The Bertz CT molecular complexity index is 728. The van der Waals surface area contributed by atoms with Crippen molar-refractivity contribution < 1.29 is 9.59 Å². The van der Waals surface area contributed by atoms with E-state index in [1.165, 1.54) is 12.1 Å². The van der Waals surface area contributed by atoms with Gasteiger partial charge in [0, 0.05) is 24.7 Å². The van der Waals surface area contributed by atoms with Crippen molar-refractivity contribution in [1.82, 2.24) is 4.90 Å². The second-order valence-electron chi connectivity index (χ2n) is 4.91. The fourth-order valence-electron chi connectivity index (χ4n) is 2.03. The third-order valence-electron chi connectivity index (χ3n) is 3.27. The first-order chi connectivity index (χ1) is 10.5. The molecule has 0 aliphatic rings. The van der Waals surface area contributed by atoms with Gasteiger partial charge >= 0.3 is 0 Å². The minimum Gasteiger partial charge on any atom is -0.366 e. The van der Waals surface area contributed by atoms with E-state index >= 15 is 0 Å². The summed E-state index contributed by atoms with van der Waals surface area (Å²) < 4.78 is 0. The summed E-state index contributed by atoms with van der Waals surface area (Å²) in [5.74, 6) is -0.676. The summed E-state index contributed by atoms with van der Waals surface area (Å²) in [6, 6.07) is 15.4. The molecule has 0 bridgehead atoms. The van der Waals surface area contributed by atoms with Crippen molar-refractivity contribution in [3.8, 4) is 6.07 Å². The van der Waals surface area contributed by atoms with Crippen LogP contribution in [0.4, 0.5) is 0 Å².